The van der Waals surface area contributed by atoms with E-state index >= 15 is 0 Å². The molecular weight excluding hydrogens is 130 g/mol. The zero-order valence-corrected chi connectivity index (χ0v) is 5.76. The molecule has 3 heteroatoms. The molecule has 2 aliphatic rings. The maximum absolute atomic E-state index is 10.7. The van der Waals surface area contributed by atoms with Crippen LogP contribution >= 0.6 is 0 Å². The Morgan fingerprint density at radius 1 is 1.70 bits per heavy atom. The Labute approximate surface area is 59.4 Å². The molecule has 1 heterocycles. The van der Waals surface area contributed by atoms with E-state index in [9.17, 15) is 4.79 Å². The second-order valence-corrected chi connectivity index (χ2v) is 3.32. The van der Waals surface area contributed by atoms with Crippen molar-refractivity contribution in [2.24, 2.45) is 11.3 Å². The van der Waals surface area contributed by atoms with E-state index in [0.717, 1.165) is 25.9 Å². The van der Waals surface area contributed by atoms with Gasteiger partial charge in [0.2, 0.25) is 0 Å². The maximum atomic E-state index is 10.7. The Kier molecular flexibility index (Phi) is 1.06. The highest BCUT2D eigenvalue weighted by atomic mass is 16.4. The second-order valence-electron chi connectivity index (χ2n) is 3.32. The SMILES string of the molecule is O=C(O)[C@@]12CCNC[C@@H]1C2. The second kappa shape index (κ2) is 1.72. The van der Waals surface area contributed by atoms with Gasteiger partial charge in [-0.3, -0.25) is 4.79 Å². The quantitative estimate of drug-likeness (QED) is 0.543. The Balaban J connectivity index is 2.12. The van der Waals surface area contributed by atoms with Gasteiger partial charge >= 0.3 is 5.97 Å². The Morgan fingerprint density at radius 2 is 2.50 bits per heavy atom. The van der Waals surface area contributed by atoms with Crippen molar-refractivity contribution >= 4 is 5.97 Å². The van der Waals surface area contributed by atoms with Crippen LogP contribution in [0.5, 0.6) is 0 Å². The number of fused-ring (bicyclic) bond motifs is 1. The summed E-state index contributed by atoms with van der Waals surface area (Å²) in [5.41, 5.74) is -0.300. The molecular formula is C7H11NO2. The number of nitrogens with one attached hydrogen (secondary N) is 1. The molecule has 10 heavy (non-hydrogen) atoms. The summed E-state index contributed by atoms with van der Waals surface area (Å²) in [6.45, 7) is 1.79. The van der Waals surface area contributed by atoms with Crippen molar-refractivity contribution in [3.63, 3.8) is 0 Å². The average molecular weight is 141 g/mol. The minimum atomic E-state index is -0.584. The van der Waals surface area contributed by atoms with Crippen molar-refractivity contribution in [2.45, 2.75) is 12.8 Å². The molecule has 2 N–H and O–H groups in total. The fourth-order valence-corrected chi connectivity index (χ4v) is 1.91. The Hall–Kier alpha value is -0.570. The number of carboxylic acid groups (broad SMARTS) is 1. The Bertz CT molecular complexity index is 180. The van der Waals surface area contributed by atoms with Gasteiger partial charge in [-0.2, -0.15) is 0 Å². The van der Waals surface area contributed by atoms with Crippen molar-refractivity contribution in [1.29, 1.82) is 0 Å². The van der Waals surface area contributed by atoms with Gasteiger partial charge in [0.25, 0.3) is 0 Å². The van der Waals surface area contributed by atoms with Crippen molar-refractivity contribution in [2.75, 3.05) is 13.1 Å². The van der Waals surface area contributed by atoms with Crippen LogP contribution < -0.4 is 5.32 Å². The van der Waals surface area contributed by atoms with Gasteiger partial charge in [0.05, 0.1) is 5.41 Å². The molecule has 56 valence electrons. The highest BCUT2D eigenvalue weighted by molar-refractivity contribution is 5.78. The first-order valence-corrected chi connectivity index (χ1v) is 3.70. The third-order valence-electron chi connectivity index (χ3n) is 2.80. The summed E-state index contributed by atoms with van der Waals surface area (Å²) < 4.78 is 0. The molecule has 1 saturated carbocycles. The molecule has 0 unspecified atom stereocenters. The topological polar surface area (TPSA) is 49.3 Å². The summed E-state index contributed by atoms with van der Waals surface area (Å²) in [5, 5.41) is 12.0. The fraction of sp³-hybridized carbons (Fsp3) is 0.857. The van der Waals surface area contributed by atoms with Gasteiger partial charge in [0, 0.05) is 0 Å². The summed E-state index contributed by atoms with van der Waals surface area (Å²) >= 11 is 0. The lowest BCUT2D eigenvalue weighted by atomic mass is 9.97. The molecule has 0 spiro atoms. The third kappa shape index (κ3) is 0.611. The van der Waals surface area contributed by atoms with Crippen LogP contribution in [0.25, 0.3) is 0 Å². The van der Waals surface area contributed by atoms with E-state index in [0.29, 0.717) is 5.92 Å². The predicted molar refractivity (Wildman–Crippen MR) is 35.7 cm³/mol. The van der Waals surface area contributed by atoms with E-state index < -0.39 is 5.97 Å². The molecule has 2 rings (SSSR count). The average Bonchev–Trinajstić information content (AvgIpc) is 2.61. The van der Waals surface area contributed by atoms with Crippen LogP contribution in [0.4, 0.5) is 0 Å². The van der Waals surface area contributed by atoms with Crippen molar-refractivity contribution < 1.29 is 9.90 Å². The van der Waals surface area contributed by atoms with Crippen LogP contribution in [-0.2, 0) is 4.79 Å². The number of rotatable bonds is 1. The first kappa shape index (κ1) is 6.16. The van der Waals surface area contributed by atoms with Gasteiger partial charge in [-0.05, 0) is 31.8 Å². The van der Waals surface area contributed by atoms with E-state index in [1.807, 2.05) is 0 Å². The monoisotopic (exact) mass is 141 g/mol. The number of carboxylic acids is 1. The standard InChI is InChI=1S/C7H11NO2/c9-6(10)7-1-2-8-4-5(7)3-7/h5,8H,1-4H2,(H,9,10)/t5-,7+/m0/s1. The van der Waals surface area contributed by atoms with Crippen LogP contribution in [0, 0.1) is 11.3 Å². The lowest BCUT2D eigenvalue weighted by Crippen LogP contribution is -2.33. The van der Waals surface area contributed by atoms with Crippen molar-refractivity contribution in [3.8, 4) is 0 Å². The summed E-state index contributed by atoms with van der Waals surface area (Å²) in [4.78, 5) is 10.7. The van der Waals surface area contributed by atoms with E-state index in [1.165, 1.54) is 0 Å². The van der Waals surface area contributed by atoms with Gasteiger partial charge in [-0.15, -0.1) is 0 Å². The number of piperidine rings is 1. The van der Waals surface area contributed by atoms with Crippen LogP contribution in [0.1, 0.15) is 12.8 Å². The smallest absolute Gasteiger partial charge is 0.310 e. The third-order valence-corrected chi connectivity index (χ3v) is 2.80. The predicted octanol–water partition coefficient (Wildman–Crippen LogP) is 0.0706. The van der Waals surface area contributed by atoms with Gasteiger partial charge in [-0.25, -0.2) is 0 Å². The van der Waals surface area contributed by atoms with E-state index in [2.05, 4.69) is 5.32 Å². The molecule has 0 amide bonds. The van der Waals surface area contributed by atoms with Crippen LogP contribution in [0.2, 0.25) is 0 Å². The first-order valence-electron chi connectivity index (χ1n) is 3.70. The molecule has 1 aliphatic heterocycles. The normalized spacial score (nSPS) is 44.2. The maximum Gasteiger partial charge on any atom is 0.310 e. The molecule has 2 atom stereocenters. The summed E-state index contributed by atoms with van der Waals surface area (Å²) in [6.07, 6.45) is 1.72. The lowest BCUT2D eigenvalue weighted by molar-refractivity contribution is -0.144. The highest BCUT2D eigenvalue weighted by Crippen LogP contribution is 2.56. The Morgan fingerprint density at radius 3 is 3.00 bits per heavy atom. The van der Waals surface area contributed by atoms with Crippen LogP contribution in [0.15, 0.2) is 0 Å². The van der Waals surface area contributed by atoms with Gasteiger partial charge in [0.15, 0.2) is 0 Å². The number of aliphatic carboxylic acids is 1. The highest BCUT2D eigenvalue weighted by Gasteiger charge is 2.60. The van der Waals surface area contributed by atoms with E-state index in [-0.39, 0.29) is 5.41 Å². The zero-order chi connectivity index (χ0) is 7.19. The molecule has 0 bridgehead atoms. The number of carbonyl (C=O) groups is 1. The molecule has 0 aromatic heterocycles. The van der Waals surface area contributed by atoms with E-state index in [4.69, 9.17) is 5.11 Å². The molecule has 0 radical (unpaired) electrons. The number of hydrogen-bond donors (Lipinski definition) is 2. The molecule has 1 saturated heterocycles. The first-order chi connectivity index (χ1) is 4.76. The van der Waals surface area contributed by atoms with Gasteiger partial charge < -0.3 is 10.4 Å². The van der Waals surface area contributed by atoms with Crippen molar-refractivity contribution in [1.82, 2.24) is 5.32 Å². The summed E-state index contributed by atoms with van der Waals surface area (Å²) in [6, 6.07) is 0. The minimum Gasteiger partial charge on any atom is -0.481 e. The molecule has 0 aromatic rings. The molecule has 2 fully saturated rings. The minimum absolute atomic E-state index is 0.300. The molecule has 1 aliphatic carbocycles. The van der Waals surface area contributed by atoms with Crippen LogP contribution in [0.3, 0.4) is 0 Å². The van der Waals surface area contributed by atoms with E-state index in [1.54, 1.807) is 0 Å². The molecule has 0 aromatic carbocycles. The lowest BCUT2D eigenvalue weighted by Gasteiger charge is -2.17. The van der Waals surface area contributed by atoms with Crippen molar-refractivity contribution in [3.05, 3.63) is 0 Å². The summed E-state index contributed by atoms with van der Waals surface area (Å²) in [5.74, 6) is -0.155. The fourth-order valence-electron chi connectivity index (χ4n) is 1.91. The summed E-state index contributed by atoms with van der Waals surface area (Å²) in [7, 11) is 0. The van der Waals surface area contributed by atoms with Gasteiger partial charge in [-0.1, -0.05) is 0 Å². The molecule has 3 nitrogen and oxygen atoms in total. The van der Waals surface area contributed by atoms with Gasteiger partial charge in [0.1, 0.15) is 0 Å². The van der Waals surface area contributed by atoms with Crippen LogP contribution in [-0.4, -0.2) is 24.2 Å². The largest absolute Gasteiger partial charge is 0.481 e. The number of hydrogen-bond acceptors (Lipinski definition) is 2. The zero-order valence-electron chi connectivity index (χ0n) is 5.76.